The number of nitriles is 1. The molecule has 0 radical (unpaired) electrons. The van der Waals surface area contributed by atoms with Crippen LogP contribution in [0.15, 0.2) is 12.1 Å². The minimum Gasteiger partial charge on any atom is -0.496 e. The van der Waals surface area contributed by atoms with Crippen molar-refractivity contribution in [2.75, 3.05) is 13.7 Å². The smallest absolute Gasteiger partial charge is 0.338 e. The molecule has 1 rings (SSSR count). The van der Waals surface area contributed by atoms with E-state index in [2.05, 4.69) is 0 Å². The molecule has 17 heavy (non-hydrogen) atoms. The molecule has 0 aliphatic carbocycles. The van der Waals surface area contributed by atoms with Crippen LogP contribution in [0.25, 0.3) is 0 Å². The highest BCUT2D eigenvalue weighted by Gasteiger charge is 2.15. The molecule has 0 saturated heterocycles. The largest absolute Gasteiger partial charge is 0.496 e. The third kappa shape index (κ3) is 2.74. The van der Waals surface area contributed by atoms with Gasteiger partial charge in [0.2, 0.25) is 0 Å². The van der Waals surface area contributed by atoms with Crippen molar-refractivity contribution in [2.45, 2.75) is 13.5 Å². The first-order valence-corrected chi connectivity index (χ1v) is 5.06. The summed E-state index contributed by atoms with van der Waals surface area (Å²) in [5, 5.41) is 18.1. The first-order chi connectivity index (χ1) is 8.17. The summed E-state index contributed by atoms with van der Waals surface area (Å²) in [7, 11) is 1.41. The summed E-state index contributed by atoms with van der Waals surface area (Å²) in [5.41, 5.74) is 0.801. The van der Waals surface area contributed by atoms with E-state index in [1.54, 1.807) is 6.92 Å². The van der Waals surface area contributed by atoms with Gasteiger partial charge in [-0.15, -0.1) is 0 Å². The lowest BCUT2D eigenvalue weighted by Gasteiger charge is -2.10. The number of methoxy groups -OCH3 is 1. The number of aliphatic hydroxyl groups is 1. The van der Waals surface area contributed by atoms with Crippen LogP contribution in [0.3, 0.4) is 0 Å². The number of benzene rings is 1. The summed E-state index contributed by atoms with van der Waals surface area (Å²) in [6, 6.07) is 4.74. The van der Waals surface area contributed by atoms with Crippen molar-refractivity contribution in [3.63, 3.8) is 0 Å². The van der Waals surface area contributed by atoms with Crippen LogP contribution in [-0.4, -0.2) is 24.8 Å². The Morgan fingerprint density at radius 1 is 1.53 bits per heavy atom. The second-order valence-corrected chi connectivity index (χ2v) is 3.20. The second-order valence-electron chi connectivity index (χ2n) is 3.20. The first kappa shape index (κ1) is 13.0. The molecule has 5 heteroatoms. The number of carbonyl (C=O) groups excluding carboxylic acids is 1. The van der Waals surface area contributed by atoms with E-state index in [-0.39, 0.29) is 24.3 Å². The number of nitrogens with zero attached hydrogens (tertiary/aromatic N) is 1. The summed E-state index contributed by atoms with van der Waals surface area (Å²) >= 11 is 0. The van der Waals surface area contributed by atoms with Gasteiger partial charge in [-0.25, -0.2) is 4.79 Å². The van der Waals surface area contributed by atoms with Gasteiger partial charge in [-0.3, -0.25) is 0 Å². The quantitative estimate of drug-likeness (QED) is 0.794. The molecule has 0 spiro atoms. The van der Waals surface area contributed by atoms with Gasteiger partial charge in [-0.05, 0) is 19.1 Å². The van der Waals surface area contributed by atoms with E-state index in [0.29, 0.717) is 11.3 Å². The molecule has 1 N–H and O–H groups in total. The van der Waals surface area contributed by atoms with Crippen molar-refractivity contribution < 1.29 is 19.4 Å². The molecule has 0 bridgehead atoms. The molecule has 5 nitrogen and oxygen atoms in total. The fourth-order valence-corrected chi connectivity index (χ4v) is 1.42. The van der Waals surface area contributed by atoms with Crippen molar-refractivity contribution in [2.24, 2.45) is 0 Å². The molecule has 0 fully saturated rings. The van der Waals surface area contributed by atoms with Crippen LogP contribution in [0.2, 0.25) is 0 Å². The van der Waals surface area contributed by atoms with Crippen molar-refractivity contribution in [3.8, 4) is 11.8 Å². The highest BCUT2D eigenvalue weighted by atomic mass is 16.5. The van der Waals surface area contributed by atoms with Crippen molar-refractivity contribution in [1.29, 1.82) is 5.26 Å². The molecule has 0 heterocycles. The van der Waals surface area contributed by atoms with Gasteiger partial charge < -0.3 is 14.6 Å². The maximum absolute atomic E-state index is 11.5. The molecule has 1 aromatic carbocycles. The zero-order valence-corrected chi connectivity index (χ0v) is 9.69. The maximum Gasteiger partial charge on any atom is 0.338 e. The standard InChI is InChI=1S/C12H13NO4/c1-3-17-12(15)8-4-9(6-13)10(7-14)11(5-8)16-2/h4-5,14H,3,7H2,1-2H3. The van der Waals surface area contributed by atoms with Crippen LogP contribution in [0.1, 0.15) is 28.4 Å². The molecule has 0 atom stereocenters. The molecule has 0 amide bonds. The van der Waals surface area contributed by atoms with Gasteiger partial charge in [-0.1, -0.05) is 0 Å². The lowest BCUT2D eigenvalue weighted by atomic mass is 10.0. The Kier molecular flexibility index (Phi) is 4.49. The van der Waals surface area contributed by atoms with Crippen LogP contribution in [0, 0.1) is 11.3 Å². The Labute approximate surface area is 99.2 Å². The van der Waals surface area contributed by atoms with Crippen LogP contribution >= 0.6 is 0 Å². The fraction of sp³-hybridized carbons (Fsp3) is 0.333. The van der Waals surface area contributed by atoms with E-state index in [9.17, 15) is 4.79 Å². The number of ether oxygens (including phenoxy) is 2. The van der Waals surface area contributed by atoms with Crippen molar-refractivity contribution in [3.05, 3.63) is 28.8 Å². The monoisotopic (exact) mass is 235 g/mol. The number of hydrogen-bond acceptors (Lipinski definition) is 5. The van der Waals surface area contributed by atoms with Crippen LogP contribution in [0.5, 0.6) is 5.75 Å². The molecule has 0 unspecified atom stereocenters. The minimum absolute atomic E-state index is 0.204. The molecule has 0 saturated carbocycles. The Bertz CT molecular complexity index is 462. The topological polar surface area (TPSA) is 79.6 Å². The van der Waals surface area contributed by atoms with E-state index in [4.69, 9.17) is 19.8 Å². The van der Waals surface area contributed by atoms with E-state index >= 15 is 0 Å². The third-order valence-corrected chi connectivity index (χ3v) is 2.22. The van der Waals surface area contributed by atoms with Crippen LogP contribution in [-0.2, 0) is 11.3 Å². The summed E-state index contributed by atoms with van der Waals surface area (Å²) in [4.78, 5) is 11.5. The van der Waals surface area contributed by atoms with E-state index in [1.165, 1.54) is 19.2 Å². The SMILES string of the molecule is CCOC(=O)c1cc(C#N)c(CO)c(OC)c1. The van der Waals surface area contributed by atoms with Crippen LogP contribution in [0.4, 0.5) is 0 Å². The fourth-order valence-electron chi connectivity index (χ4n) is 1.42. The Balaban J connectivity index is 3.28. The van der Waals surface area contributed by atoms with E-state index in [0.717, 1.165) is 0 Å². The van der Waals surface area contributed by atoms with Gasteiger partial charge in [0.05, 0.1) is 37.5 Å². The highest BCUT2D eigenvalue weighted by molar-refractivity contribution is 5.90. The second kappa shape index (κ2) is 5.87. The van der Waals surface area contributed by atoms with Gasteiger partial charge in [0, 0.05) is 5.56 Å². The average molecular weight is 235 g/mol. The molecular weight excluding hydrogens is 222 g/mol. The van der Waals surface area contributed by atoms with Crippen LogP contribution < -0.4 is 4.74 Å². The zero-order valence-electron chi connectivity index (χ0n) is 9.69. The lowest BCUT2D eigenvalue weighted by Crippen LogP contribution is -2.07. The lowest BCUT2D eigenvalue weighted by molar-refractivity contribution is 0.0526. The highest BCUT2D eigenvalue weighted by Crippen LogP contribution is 2.24. The average Bonchev–Trinajstić information content (AvgIpc) is 2.37. The Hall–Kier alpha value is -2.06. The third-order valence-electron chi connectivity index (χ3n) is 2.22. The number of esters is 1. The Morgan fingerprint density at radius 2 is 2.24 bits per heavy atom. The van der Waals surface area contributed by atoms with E-state index < -0.39 is 5.97 Å². The predicted molar refractivity (Wildman–Crippen MR) is 59.6 cm³/mol. The van der Waals surface area contributed by atoms with Gasteiger partial charge in [-0.2, -0.15) is 5.26 Å². The number of aliphatic hydroxyl groups excluding tert-OH is 1. The summed E-state index contributed by atoms with van der Waals surface area (Å²) in [5.74, 6) is -0.221. The summed E-state index contributed by atoms with van der Waals surface area (Å²) in [6.45, 7) is 1.63. The van der Waals surface area contributed by atoms with Gasteiger partial charge in [0.15, 0.2) is 0 Å². The molecule has 0 aliphatic rings. The first-order valence-electron chi connectivity index (χ1n) is 5.06. The minimum atomic E-state index is -0.521. The number of hydrogen-bond donors (Lipinski definition) is 1. The normalized spacial score (nSPS) is 9.53. The predicted octanol–water partition coefficient (Wildman–Crippen LogP) is 1.24. The number of rotatable bonds is 4. The van der Waals surface area contributed by atoms with Gasteiger partial charge >= 0.3 is 5.97 Å². The molecule has 0 aliphatic heterocycles. The summed E-state index contributed by atoms with van der Waals surface area (Å²) < 4.78 is 9.86. The molecule has 0 aromatic heterocycles. The van der Waals surface area contributed by atoms with Gasteiger partial charge in [0.25, 0.3) is 0 Å². The Morgan fingerprint density at radius 3 is 2.71 bits per heavy atom. The van der Waals surface area contributed by atoms with E-state index in [1.807, 2.05) is 6.07 Å². The molecule has 1 aromatic rings. The van der Waals surface area contributed by atoms with Crippen molar-refractivity contribution >= 4 is 5.97 Å². The molecular formula is C12H13NO4. The number of carbonyl (C=O) groups is 1. The molecule has 90 valence electrons. The summed E-state index contributed by atoms with van der Waals surface area (Å²) in [6.07, 6.45) is 0. The van der Waals surface area contributed by atoms with Crippen molar-refractivity contribution in [1.82, 2.24) is 0 Å². The zero-order chi connectivity index (χ0) is 12.8. The van der Waals surface area contributed by atoms with Gasteiger partial charge in [0.1, 0.15) is 5.75 Å². The maximum atomic E-state index is 11.5.